The molecular weight excluding hydrogens is 300 g/mol. The van der Waals surface area contributed by atoms with E-state index in [-0.39, 0.29) is 5.92 Å². The Kier molecular flexibility index (Phi) is 3.04. The number of hydrogen-bond acceptors (Lipinski definition) is 4. The predicted molar refractivity (Wildman–Crippen MR) is 82.8 cm³/mol. The molecule has 1 fully saturated rings. The molecular formula is C16H15ClN4O. The van der Waals surface area contributed by atoms with Crippen LogP contribution in [0.2, 0.25) is 5.02 Å². The smallest absolute Gasteiger partial charge is 0.230 e. The van der Waals surface area contributed by atoms with Gasteiger partial charge in [-0.15, -0.1) is 0 Å². The molecule has 2 heterocycles. The Hall–Kier alpha value is -2.14. The van der Waals surface area contributed by atoms with Crippen LogP contribution in [0.4, 0.5) is 0 Å². The molecule has 5 nitrogen and oxygen atoms in total. The molecule has 0 bridgehead atoms. The Morgan fingerprint density at radius 3 is 2.91 bits per heavy atom. The van der Waals surface area contributed by atoms with Gasteiger partial charge in [-0.25, -0.2) is 4.98 Å². The lowest BCUT2D eigenvalue weighted by molar-refractivity contribution is 0.378. The first-order valence-electron chi connectivity index (χ1n) is 7.20. The third-order valence-electron chi connectivity index (χ3n) is 4.21. The summed E-state index contributed by atoms with van der Waals surface area (Å²) in [6.07, 6.45) is 4.75. The molecule has 0 aliphatic heterocycles. The fourth-order valence-corrected chi connectivity index (χ4v) is 2.94. The van der Waals surface area contributed by atoms with Gasteiger partial charge >= 0.3 is 0 Å². The Labute approximate surface area is 132 Å². The minimum Gasteiger partial charge on any atom is -0.339 e. The minimum atomic E-state index is 0.289. The highest BCUT2D eigenvalue weighted by Crippen LogP contribution is 2.54. The topological polar surface area (TPSA) is 56.7 Å². The number of halogens is 1. The molecule has 6 heteroatoms. The van der Waals surface area contributed by atoms with E-state index in [1.54, 1.807) is 0 Å². The highest BCUT2D eigenvalue weighted by Gasteiger charge is 2.45. The number of nitrogens with zero attached hydrogens (tertiary/aromatic N) is 4. The van der Waals surface area contributed by atoms with E-state index in [9.17, 15) is 0 Å². The van der Waals surface area contributed by atoms with Gasteiger partial charge in [-0.3, -0.25) is 0 Å². The fourth-order valence-electron chi connectivity index (χ4n) is 2.75. The van der Waals surface area contributed by atoms with E-state index >= 15 is 0 Å². The largest absolute Gasteiger partial charge is 0.339 e. The van der Waals surface area contributed by atoms with Gasteiger partial charge in [0.25, 0.3) is 0 Å². The lowest BCUT2D eigenvalue weighted by Gasteiger charge is -1.99. The van der Waals surface area contributed by atoms with Gasteiger partial charge in [0.2, 0.25) is 11.7 Å². The zero-order valence-electron chi connectivity index (χ0n) is 12.3. The van der Waals surface area contributed by atoms with Crippen LogP contribution in [0.25, 0.3) is 11.4 Å². The summed E-state index contributed by atoms with van der Waals surface area (Å²) >= 11 is 6.16. The third-order valence-corrected chi connectivity index (χ3v) is 4.62. The molecule has 1 aliphatic rings. The van der Waals surface area contributed by atoms with E-state index in [0.717, 1.165) is 17.5 Å². The summed E-state index contributed by atoms with van der Waals surface area (Å²) in [6, 6.07) is 5.79. The lowest BCUT2D eigenvalue weighted by Crippen LogP contribution is -1.93. The maximum Gasteiger partial charge on any atom is 0.230 e. The molecule has 2 aromatic heterocycles. The fraction of sp³-hybridized carbons (Fsp3) is 0.312. The van der Waals surface area contributed by atoms with Gasteiger partial charge in [0.15, 0.2) is 0 Å². The van der Waals surface area contributed by atoms with Crippen molar-refractivity contribution in [1.29, 1.82) is 0 Å². The van der Waals surface area contributed by atoms with Crippen LogP contribution in [0.3, 0.4) is 0 Å². The second kappa shape index (κ2) is 4.95. The number of hydrogen-bond donors (Lipinski definition) is 0. The van der Waals surface area contributed by atoms with Crippen LogP contribution in [0.15, 0.2) is 35.2 Å². The van der Waals surface area contributed by atoms with Crippen molar-refractivity contribution in [2.24, 2.45) is 7.05 Å². The summed E-state index contributed by atoms with van der Waals surface area (Å²) in [5.74, 6) is 1.99. The molecule has 112 valence electrons. The second-order valence-electron chi connectivity index (χ2n) is 5.80. The Bertz CT molecular complexity index is 838. The number of aromatic nitrogens is 4. The molecule has 0 spiro atoms. The Balaban J connectivity index is 1.58. The van der Waals surface area contributed by atoms with Crippen molar-refractivity contribution in [3.63, 3.8) is 0 Å². The van der Waals surface area contributed by atoms with Crippen LogP contribution < -0.4 is 0 Å². The molecule has 0 amide bonds. The Morgan fingerprint density at radius 2 is 2.18 bits per heavy atom. The summed E-state index contributed by atoms with van der Waals surface area (Å²) < 4.78 is 7.49. The quantitative estimate of drug-likeness (QED) is 0.739. The summed E-state index contributed by atoms with van der Waals surface area (Å²) in [4.78, 5) is 8.70. The van der Waals surface area contributed by atoms with Crippen molar-refractivity contribution < 1.29 is 4.52 Å². The van der Waals surface area contributed by atoms with Crippen LogP contribution >= 0.6 is 11.6 Å². The summed E-state index contributed by atoms with van der Waals surface area (Å²) in [7, 11) is 2.01. The zero-order chi connectivity index (χ0) is 15.3. The second-order valence-corrected chi connectivity index (χ2v) is 6.21. The molecule has 0 N–H and O–H groups in total. The van der Waals surface area contributed by atoms with Crippen molar-refractivity contribution in [2.75, 3.05) is 0 Å². The maximum atomic E-state index is 6.16. The molecule has 1 aromatic carbocycles. The SMILES string of the molecule is Cc1ccc(-c2noc([C@@H]3C[C@H]3c3cncn3C)n2)cc1Cl. The monoisotopic (exact) mass is 314 g/mol. The number of benzene rings is 1. The summed E-state index contributed by atoms with van der Waals surface area (Å²) in [5, 5.41) is 4.80. The predicted octanol–water partition coefficient (Wildman–Crippen LogP) is 3.70. The summed E-state index contributed by atoms with van der Waals surface area (Å²) in [5.41, 5.74) is 3.12. The first-order chi connectivity index (χ1) is 10.6. The van der Waals surface area contributed by atoms with Crippen molar-refractivity contribution in [1.82, 2.24) is 19.7 Å². The van der Waals surface area contributed by atoms with Crippen molar-refractivity contribution in [3.8, 4) is 11.4 Å². The van der Waals surface area contributed by atoms with Crippen molar-refractivity contribution in [2.45, 2.75) is 25.2 Å². The Morgan fingerprint density at radius 1 is 1.32 bits per heavy atom. The van der Waals surface area contributed by atoms with E-state index in [0.29, 0.717) is 22.7 Å². The van der Waals surface area contributed by atoms with Crippen LogP contribution in [0, 0.1) is 6.92 Å². The maximum absolute atomic E-state index is 6.16. The average Bonchev–Trinajstić information content (AvgIpc) is 2.94. The number of rotatable bonds is 3. The normalized spacial score (nSPS) is 20.3. The van der Waals surface area contributed by atoms with Gasteiger partial charge < -0.3 is 9.09 Å². The first kappa shape index (κ1) is 13.5. The number of imidazole rings is 1. The first-order valence-corrected chi connectivity index (χ1v) is 7.57. The molecule has 0 saturated heterocycles. The number of aryl methyl sites for hydroxylation is 2. The lowest BCUT2D eigenvalue weighted by atomic mass is 10.1. The third kappa shape index (κ3) is 2.22. The van der Waals surface area contributed by atoms with E-state index in [1.165, 1.54) is 5.69 Å². The molecule has 3 aromatic rings. The van der Waals surface area contributed by atoms with Crippen molar-refractivity contribution in [3.05, 3.63) is 52.9 Å². The molecule has 1 aliphatic carbocycles. The minimum absolute atomic E-state index is 0.289. The standard InChI is InChI=1S/C16H15ClN4O/c1-9-3-4-10(5-13(9)17)15-19-16(22-20-15)12-6-11(12)14-7-18-8-21(14)2/h3-5,7-8,11-12H,6H2,1-2H3/t11-,12-/m1/s1. The molecule has 0 radical (unpaired) electrons. The highest BCUT2D eigenvalue weighted by atomic mass is 35.5. The van der Waals surface area contributed by atoms with Crippen molar-refractivity contribution >= 4 is 11.6 Å². The van der Waals surface area contributed by atoms with Gasteiger partial charge in [-0.1, -0.05) is 28.9 Å². The van der Waals surface area contributed by atoms with Crippen LogP contribution in [0.1, 0.15) is 35.4 Å². The molecule has 0 unspecified atom stereocenters. The van der Waals surface area contributed by atoms with E-state index < -0.39 is 0 Å². The zero-order valence-corrected chi connectivity index (χ0v) is 13.1. The molecule has 4 rings (SSSR count). The highest BCUT2D eigenvalue weighted by molar-refractivity contribution is 6.31. The van der Waals surface area contributed by atoms with E-state index in [2.05, 4.69) is 15.1 Å². The van der Waals surface area contributed by atoms with E-state index in [1.807, 2.05) is 49.3 Å². The molecule has 22 heavy (non-hydrogen) atoms. The van der Waals surface area contributed by atoms with Gasteiger partial charge in [-0.2, -0.15) is 4.98 Å². The average molecular weight is 315 g/mol. The van der Waals surface area contributed by atoms with Gasteiger partial charge in [0, 0.05) is 41.4 Å². The molecule has 1 saturated carbocycles. The summed E-state index contributed by atoms with van der Waals surface area (Å²) in [6.45, 7) is 1.97. The van der Waals surface area contributed by atoms with Crippen LogP contribution in [-0.2, 0) is 7.05 Å². The van der Waals surface area contributed by atoms with Gasteiger partial charge in [-0.05, 0) is 25.0 Å². The van der Waals surface area contributed by atoms with Gasteiger partial charge in [0.05, 0.1) is 6.33 Å². The molecule has 2 atom stereocenters. The van der Waals surface area contributed by atoms with Crippen LogP contribution in [0.5, 0.6) is 0 Å². The van der Waals surface area contributed by atoms with Crippen LogP contribution in [-0.4, -0.2) is 19.7 Å². The van der Waals surface area contributed by atoms with Gasteiger partial charge in [0.1, 0.15) is 0 Å². The van der Waals surface area contributed by atoms with E-state index in [4.69, 9.17) is 16.1 Å².